The second-order valence-corrected chi connectivity index (χ2v) is 9.23. The molecule has 184 valence electrons. The third-order valence-corrected chi connectivity index (χ3v) is 6.76. The van der Waals surface area contributed by atoms with Gasteiger partial charge in [-0.2, -0.15) is 0 Å². The molecule has 0 aromatic heterocycles. The van der Waals surface area contributed by atoms with Gasteiger partial charge in [0.15, 0.2) is 5.17 Å². The van der Waals surface area contributed by atoms with Crippen molar-refractivity contribution >= 4 is 46.1 Å². The number of carbonyl (C=O) groups is 3. The zero-order valence-corrected chi connectivity index (χ0v) is 20.4. The maximum atomic E-state index is 13.2. The Morgan fingerprint density at radius 2 is 1.83 bits per heavy atom. The molecular formula is C27H25N3O5S. The number of rotatable bonds is 8. The Bertz CT molecular complexity index is 1280. The molecule has 0 spiro atoms. The van der Waals surface area contributed by atoms with Gasteiger partial charge in [-0.15, -0.1) is 0 Å². The Balaban J connectivity index is 1.55. The number of ether oxygens (including phenoxy) is 1. The van der Waals surface area contributed by atoms with Gasteiger partial charge in [0.1, 0.15) is 11.0 Å². The first-order chi connectivity index (χ1) is 17.4. The number of nitrogens with zero attached hydrogens (tertiary/aromatic N) is 2. The largest absolute Gasteiger partial charge is 0.497 e. The van der Waals surface area contributed by atoms with Crippen LogP contribution in [0, 0.1) is 0 Å². The molecule has 1 fully saturated rings. The van der Waals surface area contributed by atoms with Crippen LogP contribution in [-0.4, -0.2) is 51.9 Å². The summed E-state index contributed by atoms with van der Waals surface area (Å²) in [5.74, 6) is -0.984. The summed E-state index contributed by atoms with van der Waals surface area (Å²) in [5.41, 5.74) is 2.14. The summed E-state index contributed by atoms with van der Waals surface area (Å²) < 4.78 is 5.21. The van der Waals surface area contributed by atoms with E-state index >= 15 is 0 Å². The molecule has 2 amide bonds. The van der Waals surface area contributed by atoms with E-state index < -0.39 is 11.2 Å². The van der Waals surface area contributed by atoms with Crippen LogP contribution in [0.15, 0.2) is 83.9 Å². The number of carbonyl (C=O) groups excluding carboxylic acids is 2. The summed E-state index contributed by atoms with van der Waals surface area (Å²) in [4.78, 5) is 43.8. The third-order valence-electron chi connectivity index (χ3n) is 5.57. The predicted octanol–water partition coefficient (Wildman–Crippen LogP) is 4.60. The quantitative estimate of drug-likeness (QED) is 0.465. The number of anilines is 1. The third kappa shape index (κ3) is 6.31. The van der Waals surface area contributed by atoms with Crippen LogP contribution in [0.25, 0.3) is 0 Å². The summed E-state index contributed by atoms with van der Waals surface area (Å²) in [6.45, 7) is 0.430. The number of nitrogens with one attached hydrogen (secondary N) is 1. The highest BCUT2D eigenvalue weighted by Crippen LogP contribution is 2.30. The molecule has 1 aliphatic rings. The molecule has 3 aromatic rings. The molecule has 1 unspecified atom stereocenters. The minimum Gasteiger partial charge on any atom is -0.497 e. The first-order valence-corrected chi connectivity index (χ1v) is 12.2. The van der Waals surface area contributed by atoms with Crippen molar-refractivity contribution in [1.29, 1.82) is 0 Å². The van der Waals surface area contributed by atoms with Crippen LogP contribution in [0.5, 0.6) is 5.75 Å². The zero-order chi connectivity index (χ0) is 25.5. The minimum atomic E-state index is -1.09. The van der Waals surface area contributed by atoms with Crippen LogP contribution in [0.1, 0.15) is 22.3 Å². The number of amides is 2. The van der Waals surface area contributed by atoms with Gasteiger partial charge in [0.2, 0.25) is 11.8 Å². The monoisotopic (exact) mass is 503 g/mol. The molecule has 1 saturated heterocycles. The van der Waals surface area contributed by atoms with E-state index in [4.69, 9.17) is 4.74 Å². The van der Waals surface area contributed by atoms with E-state index in [-0.39, 0.29) is 23.8 Å². The summed E-state index contributed by atoms with van der Waals surface area (Å²) >= 11 is 1.22. The van der Waals surface area contributed by atoms with Gasteiger partial charge in [0, 0.05) is 18.7 Å². The van der Waals surface area contributed by atoms with Crippen LogP contribution in [-0.2, 0) is 16.0 Å². The summed E-state index contributed by atoms with van der Waals surface area (Å²) in [7, 11) is 1.58. The number of aliphatic imine (C=N–C) groups is 1. The maximum absolute atomic E-state index is 13.2. The molecule has 3 aromatic carbocycles. The van der Waals surface area contributed by atoms with Gasteiger partial charge in [-0.05, 0) is 54.4 Å². The number of carboxylic acid groups (broad SMARTS) is 1. The lowest BCUT2D eigenvalue weighted by Crippen LogP contribution is -2.46. The Morgan fingerprint density at radius 1 is 1.08 bits per heavy atom. The summed E-state index contributed by atoms with van der Waals surface area (Å²) in [5, 5.41) is 11.7. The van der Waals surface area contributed by atoms with Crippen molar-refractivity contribution in [1.82, 2.24) is 4.90 Å². The van der Waals surface area contributed by atoms with E-state index in [0.29, 0.717) is 35.3 Å². The average Bonchev–Trinajstić information content (AvgIpc) is 2.89. The van der Waals surface area contributed by atoms with Crippen molar-refractivity contribution in [2.45, 2.75) is 18.1 Å². The molecule has 8 nitrogen and oxygen atoms in total. The van der Waals surface area contributed by atoms with Gasteiger partial charge >= 0.3 is 5.97 Å². The Labute approximate surface area is 213 Å². The molecule has 9 heteroatoms. The number of hydrogen-bond acceptors (Lipinski definition) is 6. The molecule has 4 rings (SSSR count). The predicted molar refractivity (Wildman–Crippen MR) is 140 cm³/mol. The number of hydrogen-bond donors (Lipinski definition) is 2. The first-order valence-electron chi connectivity index (χ1n) is 11.3. The van der Waals surface area contributed by atoms with Crippen molar-refractivity contribution in [3.63, 3.8) is 0 Å². The van der Waals surface area contributed by atoms with Crippen LogP contribution in [0.2, 0.25) is 0 Å². The van der Waals surface area contributed by atoms with E-state index in [0.717, 1.165) is 5.56 Å². The van der Waals surface area contributed by atoms with E-state index in [1.165, 1.54) is 23.9 Å². The highest BCUT2D eigenvalue weighted by Gasteiger charge is 2.35. The minimum absolute atomic E-state index is 0.00550. The lowest BCUT2D eigenvalue weighted by atomic mass is 10.1. The molecule has 2 N–H and O–H groups in total. The molecule has 1 heterocycles. The summed E-state index contributed by atoms with van der Waals surface area (Å²) in [6.07, 6.45) is 0.652. The van der Waals surface area contributed by atoms with Crippen molar-refractivity contribution in [3.8, 4) is 5.75 Å². The number of carboxylic acids is 1. The zero-order valence-electron chi connectivity index (χ0n) is 19.6. The van der Waals surface area contributed by atoms with E-state index in [1.54, 1.807) is 48.4 Å². The number of aromatic carboxylic acids is 1. The van der Waals surface area contributed by atoms with Crippen molar-refractivity contribution in [2.75, 3.05) is 19.0 Å². The van der Waals surface area contributed by atoms with Crippen molar-refractivity contribution in [2.24, 2.45) is 4.99 Å². The van der Waals surface area contributed by atoms with Crippen molar-refractivity contribution < 1.29 is 24.2 Å². The van der Waals surface area contributed by atoms with Crippen LogP contribution >= 0.6 is 11.8 Å². The van der Waals surface area contributed by atoms with Gasteiger partial charge in [0.25, 0.3) is 0 Å². The number of thioether (sulfide) groups is 1. The number of benzene rings is 3. The first kappa shape index (κ1) is 25.0. The lowest BCUT2D eigenvalue weighted by Gasteiger charge is -2.32. The van der Waals surface area contributed by atoms with Crippen LogP contribution in [0.4, 0.5) is 11.4 Å². The second-order valence-electron chi connectivity index (χ2n) is 8.06. The maximum Gasteiger partial charge on any atom is 0.335 e. The molecule has 0 aliphatic carbocycles. The summed E-state index contributed by atoms with van der Waals surface area (Å²) in [6, 6.07) is 23.0. The fourth-order valence-corrected chi connectivity index (χ4v) is 4.79. The fourth-order valence-electron chi connectivity index (χ4n) is 3.67. The van der Waals surface area contributed by atoms with Gasteiger partial charge < -0.3 is 15.2 Å². The number of methoxy groups -OCH3 is 1. The molecule has 0 bridgehead atoms. The Kier molecular flexibility index (Phi) is 8.02. The standard InChI is InChI=1S/C27H25N3O5S/c1-35-22-12-10-20(11-13-22)29-27-30(15-14-18-6-3-2-4-7-18)24(31)17-23(36-27)25(32)28-21-9-5-8-19(16-21)26(33)34/h2-13,16,23H,14-15,17H2,1H3,(H,28,32)(H,33,34). The molecule has 1 atom stereocenters. The smallest absolute Gasteiger partial charge is 0.335 e. The number of amidine groups is 1. The highest BCUT2D eigenvalue weighted by atomic mass is 32.2. The highest BCUT2D eigenvalue weighted by molar-refractivity contribution is 8.15. The van der Waals surface area contributed by atoms with Gasteiger partial charge in [-0.3, -0.25) is 14.5 Å². The Morgan fingerprint density at radius 3 is 2.53 bits per heavy atom. The normalized spacial score (nSPS) is 16.6. The molecule has 0 saturated carbocycles. The second kappa shape index (κ2) is 11.5. The molecule has 36 heavy (non-hydrogen) atoms. The van der Waals surface area contributed by atoms with E-state index in [1.807, 2.05) is 30.3 Å². The lowest BCUT2D eigenvalue weighted by molar-refractivity contribution is -0.129. The Hall–Kier alpha value is -4.11. The SMILES string of the molecule is COc1ccc(N=C2SC(C(=O)Nc3cccc(C(=O)O)c3)CC(=O)N2CCc2ccccc2)cc1. The van der Waals surface area contributed by atoms with Gasteiger partial charge in [-0.1, -0.05) is 48.2 Å². The van der Waals surface area contributed by atoms with E-state index in [9.17, 15) is 19.5 Å². The van der Waals surface area contributed by atoms with Crippen LogP contribution in [0.3, 0.4) is 0 Å². The van der Waals surface area contributed by atoms with E-state index in [2.05, 4.69) is 10.3 Å². The van der Waals surface area contributed by atoms with Crippen molar-refractivity contribution in [3.05, 3.63) is 90.0 Å². The topological polar surface area (TPSA) is 108 Å². The van der Waals surface area contributed by atoms with Gasteiger partial charge in [0.05, 0.1) is 18.4 Å². The molecular weight excluding hydrogens is 478 g/mol. The fraction of sp³-hybridized carbons (Fsp3) is 0.185. The van der Waals surface area contributed by atoms with Crippen LogP contribution < -0.4 is 10.1 Å². The molecule has 1 aliphatic heterocycles. The van der Waals surface area contributed by atoms with Gasteiger partial charge in [-0.25, -0.2) is 9.79 Å². The average molecular weight is 504 g/mol. The molecule has 0 radical (unpaired) electrons.